The number of hydrogen-bond donors (Lipinski definition) is 2. The fraction of sp³-hybridized carbons (Fsp3) is 0.647. The first kappa shape index (κ1) is 16.0. The summed E-state index contributed by atoms with van der Waals surface area (Å²) in [6.07, 6.45) is 5.28. The summed E-state index contributed by atoms with van der Waals surface area (Å²) in [5, 5.41) is 20.9. The van der Waals surface area contributed by atoms with Gasteiger partial charge in [-0.1, -0.05) is 13.0 Å². The molecule has 0 aromatic carbocycles. The van der Waals surface area contributed by atoms with Gasteiger partial charge in [0.05, 0.1) is 17.9 Å². The molecule has 1 saturated carbocycles. The first-order chi connectivity index (χ1) is 10.6. The van der Waals surface area contributed by atoms with Gasteiger partial charge in [-0.3, -0.25) is 0 Å². The Morgan fingerprint density at radius 1 is 1.27 bits per heavy atom. The van der Waals surface area contributed by atoms with Crippen molar-refractivity contribution >= 4 is 17.3 Å². The summed E-state index contributed by atoms with van der Waals surface area (Å²) in [5.41, 5.74) is 4.27. The van der Waals surface area contributed by atoms with Crippen molar-refractivity contribution in [3.63, 3.8) is 0 Å². The normalized spacial score (nSPS) is 30.5. The van der Waals surface area contributed by atoms with E-state index in [9.17, 15) is 10.2 Å². The molecule has 4 nitrogen and oxygen atoms in total. The summed E-state index contributed by atoms with van der Waals surface area (Å²) in [4.78, 5) is 8.68. The largest absolute Gasteiger partial charge is 0.390 e. The number of allylic oxidation sites excluding steroid dienone is 1. The lowest BCUT2D eigenvalue weighted by Gasteiger charge is -2.18. The van der Waals surface area contributed by atoms with E-state index in [0.29, 0.717) is 0 Å². The van der Waals surface area contributed by atoms with Crippen molar-refractivity contribution in [1.29, 1.82) is 0 Å². The summed E-state index contributed by atoms with van der Waals surface area (Å²) < 4.78 is 0. The standard InChI is InChI=1S/C17H24N2O2S/c1-3-6-22-8-11-7-14(17(21)16(11)20)13-5-4-12-10(2)18-9-19-15(12)13/h5,9,11,14,16-17,20-21H,3-4,6-8H2,1-2H3/t11-,14?,16-,17+/m1/s1. The zero-order chi connectivity index (χ0) is 15.7. The predicted octanol–water partition coefficient (Wildman–Crippen LogP) is 2.23. The van der Waals surface area contributed by atoms with E-state index in [1.54, 1.807) is 6.33 Å². The SMILES string of the molecule is CCCSC[C@H]1CC(C2=CCc3c(C)ncnc32)[C@H](O)[C@@H]1O. The molecule has 1 fully saturated rings. The quantitative estimate of drug-likeness (QED) is 0.815. The maximum atomic E-state index is 10.5. The van der Waals surface area contributed by atoms with Gasteiger partial charge < -0.3 is 10.2 Å². The Morgan fingerprint density at radius 3 is 2.86 bits per heavy atom. The van der Waals surface area contributed by atoms with Gasteiger partial charge in [-0.25, -0.2) is 9.97 Å². The van der Waals surface area contributed by atoms with Crippen LogP contribution in [0.25, 0.3) is 5.57 Å². The maximum Gasteiger partial charge on any atom is 0.116 e. The number of fused-ring (bicyclic) bond motifs is 1. The Hall–Kier alpha value is -0.910. The van der Waals surface area contributed by atoms with Crippen molar-refractivity contribution in [3.8, 4) is 0 Å². The molecule has 0 saturated heterocycles. The highest BCUT2D eigenvalue weighted by atomic mass is 32.2. The van der Waals surface area contributed by atoms with Crippen LogP contribution < -0.4 is 0 Å². The molecule has 2 N–H and O–H groups in total. The van der Waals surface area contributed by atoms with E-state index < -0.39 is 12.2 Å². The van der Waals surface area contributed by atoms with Crippen LogP contribution in [-0.2, 0) is 6.42 Å². The zero-order valence-corrected chi connectivity index (χ0v) is 14.0. The summed E-state index contributed by atoms with van der Waals surface area (Å²) >= 11 is 1.87. The Bertz CT molecular complexity index is 576. The van der Waals surface area contributed by atoms with Crippen molar-refractivity contribution < 1.29 is 10.2 Å². The summed E-state index contributed by atoms with van der Waals surface area (Å²) in [5.74, 6) is 2.20. The van der Waals surface area contributed by atoms with Crippen LogP contribution in [0.4, 0.5) is 0 Å². The van der Waals surface area contributed by atoms with E-state index in [4.69, 9.17) is 0 Å². The number of aliphatic hydroxyl groups is 2. The van der Waals surface area contributed by atoms with Crippen molar-refractivity contribution in [2.75, 3.05) is 11.5 Å². The van der Waals surface area contributed by atoms with Crippen molar-refractivity contribution in [3.05, 3.63) is 29.4 Å². The molecular formula is C17H24N2O2S. The van der Waals surface area contributed by atoms with E-state index in [0.717, 1.165) is 47.7 Å². The van der Waals surface area contributed by atoms with Gasteiger partial charge in [-0.15, -0.1) is 0 Å². The van der Waals surface area contributed by atoms with Crippen LogP contribution >= 0.6 is 11.8 Å². The molecule has 1 aromatic heterocycles. The number of thioether (sulfide) groups is 1. The molecule has 3 rings (SSSR count). The minimum absolute atomic E-state index is 0.00206. The molecule has 1 aromatic rings. The molecule has 0 spiro atoms. The van der Waals surface area contributed by atoms with Crippen LogP contribution in [0.5, 0.6) is 0 Å². The Labute approximate surface area is 136 Å². The first-order valence-corrected chi connectivity index (χ1v) is 9.23. The highest BCUT2D eigenvalue weighted by molar-refractivity contribution is 7.99. The van der Waals surface area contributed by atoms with Crippen LogP contribution in [0.2, 0.25) is 0 Å². The fourth-order valence-electron chi connectivity index (χ4n) is 3.61. The third-order valence-electron chi connectivity index (χ3n) is 4.84. The summed E-state index contributed by atoms with van der Waals surface area (Å²) in [6.45, 7) is 4.17. The smallest absolute Gasteiger partial charge is 0.116 e. The molecule has 22 heavy (non-hydrogen) atoms. The average Bonchev–Trinajstić information content (AvgIpc) is 3.05. The molecule has 5 heteroatoms. The topological polar surface area (TPSA) is 66.2 Å². The second-order valence-electron chi connectivity index (χ2n) is 6.31. The first-order valence-electron chi connectivity index (χ1n) is 8.08. The van der Waals surface area contributed by atoms with Gasteiger partial charge in [0.15, 0.2) is 0 Å². The lowest BCUT2D eigenvalue weighted by molar-refractivity contribution is 0.0160. The molecule has 0 radical (unpaired) electrons. The lowest BCUT2D eigenvalue weighted by atomic mass is 9.93. The average molecular weight is 320 g/mol. The summed E-state index contributed by atoms with van der Waals surface area (Å²) in [7, 11) is 0. The number of aliphatic hydroxyl groups excluding tert-OH is 2. The number of rotatable bonds is 5. The van der Waals surface area contributed by atoms with Gasteiger partial charge in [0, 0.05) is 17.2 Å². The molecule has 2 aliphatic carbocycles. The zero-order valence-electron chi connectivity index (χ0n) is 13.2. The minimum atomic E-state index is -0.681. The number of aryl methyl sites for hydroxylation is 1. The molecule has 4 atom stereocenters. The van der Waals surface area contributed by atoms with E-state index in [1.165, 1.54) is 5.56 Å². The van der Waals surface area contributed by atoms with E-state index in [1.807, 2.05) is 18.7 Å². The van der Waals surface area contributed by atoms with Gasteiger partial charge in [0.25, 0.3) is 0 Å². The van der Waals surface area contributed by atoms with Crippen LogP contribution in [0, 0.1) is 18.8 Å². The van der Waals surface area contributed by atoms with Gasteiger partial charge in [0.2, 0.25) is 0 Å². The number of aromatic nitrogens is 2. The fourth-order valence-corrected chi connectivity index (χ4v) is 4.70. The van der Waals surface area contributed by atoms with E-state index in [-0.39, 0.29) is 11.8 Å². The highest BCUT2D eigenvalue weighted by Gasteiger charge is 2.44. The number of hydrogen-bond acceptors (Lipinski definition) is 5. The van der Waals surface area contributed by atoms with Gasteiger partial charge >= 0.3 is 0 Å². The molecule has 2 aliphatic rings. The molecular weight excluding hydrogens is 296 g/mol. The van der Waals surface area contributed by atoms with Gasteiger partial charge in [-0.05, 0) is 49.2 Å². The maximum absolute atomic E-state index is 10.5. The third kappa shape index (κ3) is 2.82. The molecule has 0 aliphatic heterocycles. The molecule has 0 bridgehead atoms. The van der Waals surface area contributed by atoms with Crippen molar-refractivity contribution in [2.45, 2.75) is 45.3 Å². The van der Waals surface area contributed by atoms with E-state index in [2.05, 4.69) is 23.0 Å². The highest BCUT2D eigenvalue weighted by Crippen LogP contribution is 2.44. The van der Waals surface area contributed by atoms with Crippen LogP contribution in [0.1, 0.15) is 36.7 Å². The Kier molecular flexibility index (Phi) is 4.85. The Balaban J connectivity index is 1.76. The van der Waals surface area contributed by atoms with Crippen molar-refractivity contribution in [2.24, 2.45) is 11.8 Å². The predicted molar refractivity (Wildman–Crippen MR) is 89.7 cm³/mol. The second-order valence-corrected chi connectivity index (χ2v) is 7.46. The lowest BCUT2D eigenvalue weighted by Crippen LogP contribution is -2.29. The molecule has 0 amide bonds. The van der Waals surface area contributed by atoms with Gasteiger partial charge in [-0.2, -0.15) is 11.8 Å². The third-order valence-corrected chi connectivity index (χ3v) is 6.20. The molecule has 120 valence electrons. The van der Waals surface area contributed by atoms with Gasteiger partial charge in [0.1, 0.15) is 6.33 Å². The Morgan fingerprint density at radius 2 is 2.09 bits per heavy atom. The summed E-state index contributed by atoms with van der Waals surface area (Å²) in [6, 6.07) is 0. The molecule has 1 unspecified atom stereocenters. The van der Waals surface area contributed by atoms with Crippen LogP contribution in [0.15, 0.2) is 12.4 Å². The van der Waals surface area contributed by atoms with Crippen molar-refractivity contribution in [1.82, 2.24) is 9.97 Å². The monoisotopic (exact) mass is 320 g/mol. The van der Waals surface area contributed by atoms with Crippen LogP contribution in [-0.4, -0.2) is 43.9 Å². The van der Waals surface area contributed by atoms with E-state index >= 15 is 0 Å². The molecule has 1 heterocycles. The minimum Gasteiger partial charge on any atom is -0.390 e. The second kappa shape index (κ2) is 6.69. The van der Waals surface area contributed by atoms with Crippen LogP contribution in [0.3, 0.4) is 0 Å². The number of nitrogens with zero attached hydrogens (tertiary/aromatic N) is 2.